The van der Waals surface area contributed by atoms with Crippen LogP contribution in [-0.4, -0.2) is 41.1 Å². The molecule has 1 aliphatic rings. The molecule has 2 amide bonds. The minimum atomic E-state index is -1.02. The highest BCUT2D eigenvalue weighted by Gasteiger charge is 2.32. The van der Waals surface area contributed by atoms with E-state index in [1.165, 1.54) is 6.92 Å². The number of nitrogens with one attached hydrogen (secondary N) is 1. The molecule has 0 aromatic heterocycles. The van der Waals surface area contributed by atoms with Gasteiger partial charge in [0.1, 0.15) is 6.04 Å². The number of hydrogen-bond donors (Lipinski definition) is 2. The molecule has 1 fully saturated rings. The molecule has 1 rings (SSSR count). The van der Waals surface area contributed by atoms with Gasteiger partial charge >= 0.3 is 12.0 Å². The highest BCUT2D eigenvalue weighted by Crippen LogP contribution is 2.34. The molecule has 2 N–H and O–H groups in total. The van der Waals surface area contributed by atoms with Crippen molar-refractivity contribution in [2.24, 2.45) is 5.92 Å². The molecule has 5 heteroatoms. The average molecular weight is 214 g/mol. The Morgan fingerprint density at radius 3 is 2.33 bits per heavy atom. The quantitative estimate of drug-likeness (QED) is 0.730. The average Bonchev–Trinajstić information content (AvgIpc) is 2.98. The van der Waals surface area contributed by atoms with E-state index in [1.807, 2.05) is 6.92 Å². The molecule has 15 heavy (non-hydrogen) atoms. The number of urea groups is 1. The Morgan fingerprint density at radius 2 is 1.93 bits per heavy atom. The van der Waals surface area contributed by atoms with Crippen molar-refractivity contribution in [3.8, 4) is 0 Å². The Morgan fingerprint density at radius 1 is 1.40 bits per heavy atom. The second-order valence-electron chi connectivity index (χ2n) is 4.20. The number of hydrogen-bond acceptors (Lipinski definition) is 2. The molecular weight excluding hydrogens is 196 g/mol. The van der Waals surface area contributed by atoms with Crippen molar-refractivity contribution in [3.63, 3.8) is 0 Å². The number of rotatable bonds is 4. The van der Waals surface area contributed by atoms with Crippen LogP contribution in [0.1, 0.15) is 26.7 Å². The summed E-state index contributed by atoms with van der Waals surface area (Å²) in [7, 11) is 1.70. The zero-order chi connectivity index (χ0) is 11.6. The van der Waals surface area contributed by atoms with Gasteiger partial charge in [-0.25, -0.2) is 4.79 Å². The third-order valence-electron chi connectivity index (χ3n) is 2.95. The largest absolute Gasteiger partial charge is 0.480 e. The number of amides is 2. The van der Waals surface area contributed by atoms with Crippen molar-refractivity contribution < 1.29 is 14.7 Å². The molecule has 0 aromatic rings. The molecule has 2 atom stereocenters. The van der Waals surface area contributed by atoms with Gasteiger partial charge in [-0.1, -0.05) is 0 Å². The first-order chi connectivity index (χ1) is 6.93. The van der Waals surface area contributed by atoms with Crippen LogP contribution in [0.4, 0.5) is 4.79 Å². The molecule has 0 bridgehead atoms. The van der Waals surface area contributed by atoms with E-state index in [-0.39, 0.29) is 12.1 Å². The summed E-state index contributed by atoms with van der Waals surface area (Å²) in [5, 5.41) is 11.1. The van der Waals surface area contributed by atoms with Crippen molar-refractivity contribution in [3.05, 3.63) is 0 Å². The molecule has 86 valence electrons. The van der Waals surface area contributed by atoms with Gasteiger partial charge in [-0.05, 0) is 32.6 Å². The van der Waals surface area contributed by atoms with E-state index in [2.05, 4.69) is 5.32 Å². The molecule has 0 spiro atoms. The number of aliphatic carboxylic acids is 1. The fourth-order valence-corrected chi connectivity index (χ4v) is 1.43. The Hall–Kier alpha value is -1.26. The van der Waals surface area contributed by atoms with E-state index in [1.54, 1.807) is 11.9 Å². The summed E-state index contributed by atoms with van der Waals surface area (Å²) in [5.41, 5.74) is 0. The van der Waals surface area contributed by atoms with Crippen LogP contribution in [0, 0.1) is 5.92 Å². The first kappa shape index (κ1) is 11.8. The lowest BCUT2D eigenvalue weighted by Gasteiger charge is -2.26. The molecular formula is C10H18N2O3. The van der Waals surface area contributed by atoms with Gasteiger partial charge in [0.25, 0.3) is 0 Å². The maximum atomic E-state index is 11.6. The van der Waals surface area contributed by atoms with Gasteiger partial charge in [0, 0.05) is 13.1 Å². The molecule has 2 unspecified atom stereocenters. The summed E-state index contributed by atoms with van der Waals surface area (Å²) in [6.45, 7) is 3.44. The third kappa shape index (κ3) is 3.11. The molecule has 0 aliphatic heterocycles. The summed E-state index contributed by atoms with van der Waals surface area (Å²) < 4.78 is 0. The first-order valence-electron chi connectivity index (χ1n) is 5.19. The third-order valence-corrected chi connectivity index (χ3v) is 2.95. The summed E-state index contributed by atoms with van der Waals surface area (Å²) in [4.78, 5) is 23.7. The number of nitrogens with zero attached hydrogens (tertiary/aromatic N) is 1. The van der Waals surface area contributed by atoms with Gasteiger partial charge in [-0.2, -0.15) is 0 Å². The van der Waals surface area contributed by atoms with Crippen LogP contribution in [0.15, 0.2) is 0 Å². The summed E-state index contributed by atoms with van der Waals surface area (Å²) in [6.07, 6.45) is 2.32. The Balaban J connectivity index is 2.41. The first-order valence-corrected chi connectivity index (χ1v) is 5.19. The van der Waals surface area contributed by atoms with Gasteiger partial charge < -0.3 is 15.3 Å². The molecule has 1 aliphatic carbocycles. The van der Waals surface area contributed by atoms with Crippen LogP contribution < -0.4 is 5.32 Å². The molecule has 0 saturated heterocycles. The van der Waals surface area contributed by atoms with E-state index >= 15 is 0 Å². The van der Waals surface area contributed by atoms with Crippen LogP contribution in [0.3, 0.4) is 0 Å². The maximum Gasteiger partial charge on any atom is 0.325 e. The number of carboxylic acids is 1. The Kier molecular flexibility index (Phi) is 3.55. The van der Waals surface area contributed by atoms with Gasteiger partial charge in [0.2, 0.25) is 0 Å². The number of carbonyl (C=O) groups is 2. The molecule has 5 nitrogen and oxygen atoms in total. The standard InChI is InChI=1S/C10H18N2O3/c1-6(9(13)14)11-10(15)12(3)7(2)8-4-5-8/h6-8H,4-5H2,1-3H3,(H,11,15)(H,13,14). The smallest absolute Gasteiger partial charge is 0.325 e. The minimum absolute atomic E-state index is 0.186. The second kappa shape index (κ2) is 4.51. The lowest BCUT2D eigenvalue weighted by atomic mass is 10.2. The zero-order valence-corrected chi connectivity index (χ0v) is 9.36. The summed E-state index contributed by atoms with van der Waals surface area (Å²) >= 11 is 0. The molecule has 0 aromatic carbocycles. The Bertz CT molecular complexity index is 263. The van der Waals surface area contributed by atoms with Crippen molar-refractivity contribution in [1.82, 2.24) is 10.2 Å². The van der Waals surface area contributed by atoms with Gasteiger partial charge in [0.05, 0.1) is 0 Å². The minimum Gasteiger partial charge on any atom is -0.480 e. The second-order valence-corrected chi connectivity index (χ2v) is 4.20. The van der Waals surface area contributed by atoms with Crippen LogP contribution in [-0.2, 0) is 4.79 Å². The monoisotopic (exact) mass is 214 g/mol. The lowest BCUT2D eigenvalue weighted by molar-refractivity contribution is -0.138. The normalized spacial score (nSPS) is 19.1. The van der Waals surface area contributed by atoms with Crippen molar-refractivity contribution >= 4 is 12.0 Å². The van der Waals surface area contributed by atoms with Crippen LogP contribution >= 0.6 is 0 Å². The van der Waals surface area contributed by atoms with Gasteiger partial charge in [-0.3, -0.25) is 4.79 Å². The summed E-state index contributed by atoms with van der Waals surface area (Å²) in [5.74, 6) is -0.434. The Labute approximate surface area is 89.4 Å². The lowest BCUT2D eigenvalue weighted by Crippen LogP contribution is -2.48. The fraction of sp³-hybridized carbons (Fsp3) is 0.800. The predicted molar refractivity (Wildman–Crippen MR) is 55.6 cm³/mol. The van der Waals surface area contributed by atoms with E-state index < -0.39 is 12.0 Å². The van der Waals surface area contributed by atoms with E-state index in [0.29, 0.717) is 5.92 Å². The number of carbonyl (C=O) groups excluding carboxylic acids is 1. The van der Waals surface area contributed by atoms with Crippen molar-refractivity contribution in [2.45, 2.75) is 38.8 Å². The number of carboxylic acid groups (broad SMARTS) is 1. The topological polar surface area (TPSA) is 69.6 Å². The van der Waals surface area contributed by atoms with Gasteiger partial charge in [-0.15, -0.1) is 0 Å². The van der Waals surface area contributed by atoms with E-state index in [9.17, 15) is 9.59 Å². The van der Waals surface area contributed by atoms with Crippen molar-refractivity contribution in [1.29, 1.82) is 0 Å². The molecule has 0 radical (unpaired) electrons. The SMILES string of the molecule is CC(NC(=O)N(C)C(C)C1CC1)C(=O)O. The fourth-order valence-electron chi connectivity index (χ4n) is 1.43. The highest BCUT2D eigenvalue weighted by molar-refractivity contribution is 5.82. The highest BCUT2D eigenvalue weighted by atomic mass is 16.4. The van der Waals surface area contributed by atoms with E-state index in [0.717, 1.165) is 12.8 Å². The maximum absolute atomic E-state index is 11.6. The van der Waals surface area contributed by atoms with Crippen LogP contribution in [0.5, 0.6) is 0 Å². The van der Waals surface area contributed by atoms with Crippen LogP contribution in [0.25, 0.3) is 0 Å². The predicted octanol–water partition coefficient (Wildman–Crippen LogP) is 0.899. The van der Waals surface area contributed by atoms with Gasteiger partial charge in [0.15, 0.2) is 0 Å². The summed E-state index contributed by atoms with van der Waals surface area (Å²) in [6, 6.07) is -0.971. The van der Waals surface area contributed by atoms with Crippen molar-refractivity contribution in [2.75, 3.05) is 7.05 Å². The zero-order valence-electron chi connectivity index (χ0n) is 9.36. The van der Waals surface area contributed by atoms with Crippen LogP contribution in [0.2, 0.25) is 0 Å². The molecule has 1 saturated carbocycles. The molecule has 0 heterocycles. The van der Waals surface area contributed by atoms with E-state index in [4.69, 9.17) is 5.11 Å².